The van der Waals surface area contributed by atoms with Crippen molar-refractivity contribution in [1.82, 2.24) is 4.57 Å². The zero-order valence-corrected chi connectivity index (χ0v) is 13.2. The van der Waals surface area contributed by atoms with Crippen molar-refractivity contribution < 1.29 is 14.3 Å². The lowest BCUT2D eigenvalue weighted by atomic mass is 9.76. The number of Topliss-reactive ketones (excluding diaryl/α,β-unsaturated/α-hetero) is 1. The molecule has 2 heterocycles. The Kier molecular flexibility index (Phi) is 3.57. The van der Waals surface area contributed by atoms with Gasteiger partial charge in [0.05, 0.1) is 12.1 Å². The van der Waals surface area contributed by atoms with E-state index in [-0.39, 0.29) is 5.78 Å². The van der Waals surface area contributed by atoms with Crippen LogP contribution >= 0.6 is 11.6 Å². The lowest BCUT2D eigenvalue weighted by Gasteiger charge is -2.24. The lowest BCUT2D eigenvalue weighted by molar-refractivity contribution is -0.145. The molecule has 3 rings (SSSR count). The van der Waals surface area contributed by atoms with Crippen LogP contribution in [0.4, 0.5) is 0 Å². The van der Waals surface area contributed by atoms with Gasteiger partial charge in [0.25, 0.3) is 0 Å². The van der Waals surface area contributed by atoms with E-state index in [1.54, 1.807) is 24.4 Å². The van der Waals surface area contributed by atoms with Crippen molar-refractivity contribution in [3.05, 3.63) is 58.4 Å². The van der Waals surface area contributed by atoms with Gasteiger partial charge in [-0.15, -0.1) is 0 Å². The number of aromatic nitrogens is 1. The largest absolute Gasteiger partial charge is 0.468 e. The SMILES string of the molecule is COC(=O)C1(C(=O)c2cccc(C)c2)CCn2cc(Cl)cc21. The van der Waals surface area contributed by atoms with E-state index in [0.29, 0.717) is 29.2 Å². The van der Waals surface area contributed by atoms with Gasteiger partial charge in [-0.2, -0.15) is 0 Å². The smallest absolute Gasteiger partial charge is 0.325 e. The first kappa shape index (κ1) is 14.9. The van der Waals surface area contributed by atoms with Crippen LogP contribution in [-0.2, 0) is 21.5 Å². The van der Waals surface area contributed by atoms with E-state index in [0.717, 1.165) is 5.56 Å². The zero-order chi connectivity index (χ0) is 15.9. The fourth-order valence-electron chi connectivity index (χ4n) is 3.17. The molecule has 0 fully saturated rings. The second-order valence-corrected chi connectivity index (χ2v) is 6.02. The minimum absolute atomic E-state index is 0.239. The number of nitrogens with zero attached hydrogens (tertiary/aromatic N) is 1. The molecule has 1 aromatic carbocycles. The van der Waals surface area contributed by atoms with E-state index in [4.69, 9.17) is 16.3 Å². The van der Waals surface area contributed by atoms with Gasteiger partial charge in [0.15, 0.2) is 11.2 Å². The highest BCUT2D eigenvalue weighted by atomic mass is 35.5. The second-order valence-electron chi connectivity index (χ2n) is 5.58. The van der Waals surface area contributed by atoms with Gasteiger partial charge in [-0.1, -0.05) is 35.4 Å². The van der Waals surface area contributed by atoms with Crippen LogP contribution in [0, 0.1) is 6.92 Å². The maximum absolute atomic E-state index is 13.1. The van der Waals surface area contributed by atoms with Gasteiger partial charge in [0.1, 0.15) is 0 Å². The van der Waals surface area contributed by atoms with Gasteiger partial charge in [0.2, 0.25) is 0 Å². The average molecular weight is 318 g/mol. The fraction of sp³-hybridized carbons (Fsp3) is 0.294. The van der Waals surface area contributed by atoms with Crippen molar-refractivity contribution in [1.29, 1.82) is 0 Å². The second kappa shape index (κ2) is 5.29. The summed E-state index contributed by atoms with van der Waals surface area (Å²) < 4.78 is 6.81. The Balaban J connectivity index is 2.16. The minimum atomic E-state index is -1.31. The average Bonchev–Trinajstić information content (AvgIpc) is 3.03. The first-order chi connectivity index (χ1) is 10.5. The molecule has 0 bridgehead atoms. The van der Waals surface area contributed by atoms with E-state index >= 15 is 0 Å². The number of rotatable bonds is 3. The fourth-order valence-corrected chi connectivity index (χ4v) is 3.40. The number of hydrogen-bond acceptors (Lipinski definition) is 3. The summed E-state index contributed by atoms with van der Waals surface area (Å²) in [6.07, 6.45) is 2.13. The first-order valence-electron chi connectivity index (χ1n) is 7.05. The number of halogens is 1. The molecular weight excluding hydrogens is 302 g/mol. The Morgan fingerprint density at radius 2 is 2.09 bits per heavy atom. The number of methoxy groups -OCH3 is 1. The van der Waals surface area contributed by atoms with Crippen molar-refractivity contribution in [2.45, 2.75) is 25.3 Å². The number of carbonyl (C=O) groups is 2. The zero-order valence-electron chi connectivity index (χ0n) is 12.4. The molecular formula is C17H16ClNO3. The quantitative estimate of drug-likeness (QED) is 0.496. The van der Waals surface area contributed by atoms with Crippen LogP contribution in [-0.4, -0.2) is 23.4 Å². The maximum Gasteiger partial charge on any atom is 0.325 e. The molecule has 0 saturated heterocycles. The van der Waals surface area contributed by atoms with Gasteiger partial charge in [-0.3, -0.25) is 9.59 Å². The van der Waals surface area contributed by atoms with E-state index in [1.807, 2.05) is 23.6 Å². The third kappa shape index (κ3) is 2.06. The van der Waals surface area contributed by atoms with Crippen molar-refractivity contribution in [3.63, 3.8) is 0 Å². The third-order valence-corrected chi connectivity index (χ3v) is 4.44. The summed E-state index contributed by atoms with van der Waals surface area (Å²) in [6.45, 7) is 2.48. The van der Waals surface area contributed by atoms with Crippen LogP contribution in [0.2, 0.25) is 5.02 Å². The number of aryl methyl sites for hydroxylation is 2. The molecule has 5 heteroatoms. The topological polar surface area (TPSA) is 48.3 Å². The van der Waals surface area contributed by atoms with E-state index in [9.17, 15) is 9.59 Å². The maximum atomic E-state index is 13.1. The predicted octanol–water partition coefficient (Wildman–Crippen LogP) is 3.15. The number of fused-ring (bicyclic) bond motifs is 1. The molecule has 2 aromatic rings. The van der Waals surface area contributed by atoms with Crippen LogP contribution in [0.5, 0.6) is 0 Å². The molecule has 0 saturated carbocycles. The predicted molar refractivity (Wildman–Crippen MR) is 83.3 cm³/mol. The molecule has 0 spiro atoms. The summed E-state index contributed by atoms with van der Waals surface area (Å²) in [5.41, 5.74) is 0.777. The normalized spacial score (nSPS) is 19.8. The summed E-state index contributed by atoms with van der Waals surface area (Å²) in [6, 6.07) is 8.93. The standard InChI is InChI=1S/C17H16ClNO3/c1-11-4-3-5-12(8-11)15(20)17(16(21)22-2)6-7-19-10-13(18)9-14(17)19/h3-5,8-10H,6-7H2,1-2H3. The third-order valence-electron chi connectivity index (χ3n) is 4.23. The molecule has 4 nitrogen and oxygen atoms in total. The summed E-state index contributed by atoms with van der Waals surface area (Å²) in [7, 11) is 1.31. The van der Waals surface area contributed by atoms with Crippen LogP contribution in [0.1, 0.15) is 28.0 Å². The van der Waals surface area contributed by atoms with Crippen molar-refractivity contribution >= 4 is 23.4 Å². The van der Waals surface area contributed by atoms with Gasteiger partial charge in [-0.25, -0.2) is 0 Å². The Labute approximate surface area is 133 Å². The van der Waals surface area contributed by atoms with Gasteiger partial charge in [-0.05, 0) is 25.5 Å². The molecule has 1 aliphatic rings. The van der Waals surface area contributed by atoms with Crippen molar-refractivity contribution in [2.24, 2.45) is 0 Å². The summed E-state index contributed by atoms with van der Waals surface area (Å²) in [5.74, 6) is -0.774. The summed E-state index contributed by atoms with van der Waals surface area (Å²) in [4.78, 5) is 25.6. The highest BCUT2D eigenvalue weighted by molar-refractivity contribution is 6.31. The molecule has 1 aromatic heterocycles. The molecule has 0 radical (unpaired) electrons. The number of ketones is 1. The molecule has 1 atom stereocenters. The van der Waals surface area contributed by atoms with Crippen LogP contribution in [0.15, 0.2) is 36.5 Å². The lowest BCUT2D eigenvalue weighted by Crippen LogP contribution is -2.43. The van der Waals surface area contributed by atoms with Crippen LogP contribution < -0.4 is 0 Å². The Morgan fingerprint density at radius 3 is 2.77 bits per heavy atom. The number of hydrogen-bond donors (Lipinski definition) is 0. The molecule has 1 unspecified atom stereocenters. The van der Waals surface area contributed by atoms with Crippen molar-refractivity contribution in [2.75, 3.05) is 7.11 Å². The molecule has 0 N–H and O–H groups in total. The van der Waals surface area contributed by atoms with Gasteiger partial charge in [0, 0.05) is 24.0 Å². The van der Waals surface area contributed by atoms with Crippen LogP contribution in [0.25, 0.3) is 0 Å². The molecule has 0 aliphatic carbocycles. The van der Waals surface area contributed by atoms with Crippen LogP contribution in [0.3, 0.4) is 0 Å². The number of benzene rings is 1. The summed E-state index contributed by atoms with van der Waals surface area (Å²) in [5, 5.41) is 0.514. The number of esters is 1. The molecule has 22 heavy (non-hydrogen) atoms. The highest BCUT2D eigenvalue weighted by Crippen LogP contribution is 2.41. The Morgan fingerprint density at radius 1 is 1.32 bits per heavy atom. The first-order valence-corrected chi connectivity index (χ1v) is 7.43. The monoisotopic (exact) mass is 317 g/mol. The van der Waals surface area contributed by atoms with E-state index < -0.39 is 11.4 Å². The number of carbonyl (C=O) groups excluding carboxylic acids is 2. The molecule has 114 valence electrons. The van der Waals surface area contributed by atoms with E-state index in [1.165, 1.54) is 7.11 Å². The minimum Gasteiger partial charge on any atom is -0.468 e. The number of ether oxygens (including phenoxy) is 1. The molecule has 1 aliphatic heterocycles. The Hall–Kier alpha value is -2.07. The van der Waals surface area contributed by atoms with Gasteiger partial charge < -0.3 is 9.30 Å². The molecule has 0 amide bonds. The van der Waals surface area contributed by atoms with Crippen molar-refractivity contribution in [3.8, 4) is 0 Å². The van der Waals surface area contributed by atoms with E-state index in [2.05, 4.69) is 0 Å². The summed E-state index contributed by atoms with van der Waals surface area (Å²) >= 11 is 6.05. The van der Waals surface area contributed by atoms with Gasteiger partial charge >= 0.3 is 5.97 Å². The Bertz CT molecular complexity index is 765. The highest BCUT2D eigenvalue weighted by Gasteiger charge is 2.53.